The molecule has 1 N–H and O–H groups in total. The lowest BCUT2D eigenvalue weighted by atomic mass is 10.0. The molecular weight excluding hydrogens is 425 g/mol. The summed E-state index contributed by atoms with van der Waals surface area (Å²) in [6, 6.07) is 17.8. The Labute approximate surface area is 191 Å². The summed E-state index contributed by atoms with van der Waals surface area (Å²) in [6.45, 7) is 2.70. The van der Waals surface area contributed by atoms with E-state index in [1.165, 1.54) is 17.9 Å². The fourth-order valence-corrected chi connectivity index (χ4v) is 3.54. The predicted molar refractivity (Wildman–Crippen MR) is 121 cm³/mol. The second kappa shape index (κ2) is 10.2. The molecule has 8 heteroatoms. The van der Waals surface area contributed by atoms with E-state index >= 15 is 0 Å². The number of hydrogen-bond acceptors (Lipinski definition) is 5. The van der Waals surface area contributed by atoms with Crippen molar-refractivity contribution in [1.82, 2.24) is 10.3 Å². The maximum absolute atomic E-state index is 14.9. The number of carbonyl (C=O) groups excluding carboxylic acids is 2. The highest BCUT2D eigenvalue weighted by Gasteiger charge is 2.32. The number of cyclic esters (lactones) is 1. The zero-order chi connectivity index (χ0) is 23.2. The van der Waals surface area contributed by atoms with Gasteiger partial charge in [0.1, 0.15) is 11.9 Å². The van der Waals surface area contributed by atoms with Crippen LogP contribution in [0.2, 0.25) is 0 Å². The maximum atomic E-state index is 14.9. The zero-order valence-corrected chi connectivity index (χ0v) is 18.2. The van der Waals surface area contributed by atoms with Crippen LogP contribution in [0.4, 0.5) is 14.9 Å². The van der Waals surface area contributed by atoms with Crippen LogP contribution in [0.3, 0.4) is 0 Å². The van der Waals surface area contributed by atoms with Crippen LogP contribution in [0.5, 0.6) is 0 Å². The molecule has 1 saturated heterocycles. The first kappa shape index (κ1) is 22.4. The Hall–Kier alpha value is -3.78. The van der Waals surface area contributed by atoms with Crippen molar-refractivity contribution >= 4 is 17.7 Å². The van der Waals surface area contributed by atoms with Gasteiger partial charge in [-0.1, -0.05) is 30.3 Å². The number of ether oxygens (including phenoxy) is 2. The Morgan fingerprint density at radius 3 is 2.70 bits per heavy atom. The summed E-state index contributed by atoms with van der Waals surface area (Å²) in [4.78, 5) is 28.8. The van der Waals surface area contributed by atoms with Crippen LogP contribution >= 0.6 is 0 Å². The van der Waals surface area contributed by atoms with Crippen molar-refractivity contribution in [3.63, 3.8) is 0 Å². The van der Waals surface area contributed by atoms with Crippen LogP contribution in [-0.4, -0.2) is 36.2 Å². The number of anilines is 1. The van der Waals surface area contributed by atoms with Gasteiger partial charge in [-0.15, -0.1) is 0 Å². The molecule has 1 aromatic heterocycles. The third-order valence-corrected chi connectivity index (χ3v) is 5.23. The monoisotopic (exact) mass is 449 g/mol. The normalized spacial score (nSPS) is 15.4. The maximum Gasteiger partial charge on any atom is 0.414 e. The quantitative estimate of drug-likeness (QED) is 0.561. The molecule has 0 aliphatic carbocycles. The molecule has 170 valence electrons. The highest BCUT2D eigenvalue weighted by Crippen LogP contribution is 2.29. The Bertz CT molecular complexity index is 1120. The molecule has 4 rings (SSSR count). The van der Waals surface area contributed by atoms with Gasteiger partial charge in [-0.25, -0.2) is 9.18 Å². The lowest BCUT2D eigenvalue weighted by Crippen LogP contribution is -2.33. The fourth-order valence-electron chi connectivity index (χ4n) is 3.54. The van der Waals surface area contributed by atoms with Gasteiger partial charge in [0.15, 0.2) is 0 Å². The number of carbonyl (C=O) groups is 2. The lowest BCUT2D eigenvalue weighted by Gasteiger charge is -2.15. The Balaban J connectivity index is 1.37. The largest absolute Gasteiger partial charge is 0.442 e. The van der Waals surface area contributed by atoms with E-state index in [0.29, 0.717) is 24.5 Å². The van der Waals surface area contributed by atoms with Crippen molar-refractivity contribution in [3.8, 4) is 11.1 Å². The van der Waals surface area contributed by atoms with Crippen molar-refractivity contribution in [2.45, 2.75) is 26.2 Å². The van der Waals surface area contributed by atoms with Crippen LogP contribution < -0.4 is 10.2 Å². The van der Waals surface area contributed by atoms with Crippen molar-refractivity contribution in [2.24, 2.45) is 0 Å². The first-order valence-electron chi connectivity index (χ1n) is 10.6. The van der Waals surface area contributed by atoms with Gasteiger partial charge in [0.2, 0.25) is 5.91 Å². The molecule has 2 heterocycles. The topological polar surface area (TPSA) is 80.8 Å². The number of nitrogens with one attached hydrogen (secondary N) is 1. The summed E-state index contributed by atoms with van der Waals surface area (Å²) < 4.78 is 25.8. The average Bonchev–Trinajstić information content (AvgIpc) is 3.19. The van der Waals surface area contributed by atoms with Crippen LogP contribution in [-0.2, 0) is 27.5 Å². The van der Waals surface area contributed by atoms with Gasteiger partial charge in [0.05, 0.1) is 37.7 Å². The van der Waals surface area contributed by atoms with E-state index in [0.717, 1.165) is 16.8 Å². The second-order valence-corrected chi connectivity index (χ2v) is 7.73. The van der Waals surface area contributed by atoms with E-state index in [1.54, 1.807) is 18.3 Å². The van der Waals surface area contributed by atoms with E-state index < -0.39 is 18.0 Å². The Kier molecular flexibility index (Phi) is 6.95. The third kappa shape index (κ3) is 5.72. The molecule has 1 atom stereocenters. The van der Waals surface area contributed by atoms with E-state index in [1.807, 2.05) is 42.5 Å². The van der Waals surface area contributed by atoms with Gasteiger partial charge in [-0.2, -0.15) is 0 Å². The molecule has 1 aliphatic heterocycles. The van der Waals surface area contributed by atoms with Gasteiger partial charge in [-0.3, -0.25) is 14.7 Å². The zero-order valence-electron chi connectivity index (χ0n) is 18.2. The summed E-state index contributed by atoms with van der Waals surface area (Å²) in [7, 11) is 0. The molecule has 0 radical (unpaired) electrons. The standard InChI is InChI=1S/C25H24FN3O4/c1-17(30)28-13-22-14-29(25(31)33-22)21-9-10-23(24(26)12-21)19-7-5-18(6-8-19)15-32-16-20-4-2-3-11-27-20/h2-12,22H,13-16H2,1H3,(H,28,30). The smallest absolute Gasteiger partial charge is 0.414 e. The minimum atomic E-state index is -0.562. The van der Waals surface area contributed by atoms with Gasteiger partial charge >= 0.3 is 6.09 Å². The number of amides is 2. The van der Waals surface area contributed by atoms with Gasteiger partial charge < -0.3 is 14.8 Å². The molecule has 0 bridgehead atoms. The predicted octanol–water partition coefficient (Wildman–Crippen LogP) is 4.07. The Morgan fingerprint density at radius 2 is 2.00 bits per heavy atom. The third-order valence-electron chi connectivity index (χ3n) is 5.23. The van der Waals surface area contributed by atoms with Crippen molar-refractivity contribution in [2.75, 3.05) is 18.0 Å². The number of rotatable bonds is 8. The van der Waals surface area contributed by atoms with Crippen LogP contribution in [0.25, 0.3) is 11.1 Å². The van der Waals surface area contributed by atoms with E-state index in [2.05, 4.69) is 10.3 Å². The average molecular weight is 449 g/mol. The highest BCUT2D eigenvalue weighted by atomic mass is 19.1. The van der Waals surface area contributed by atoms with E-state index in [-0.39, 0.29) is 19.0 Å². The first-order valence-corrected chi connectivity index (χ1v) is 10.6. The minimum absolute atomic E-state index is 0.203. The van der Waals surface area contributed by atoms with E-state index in [4.69, 9.17) is 9.47 Å². The Morgan fingerprint density at radius 1 is 1.18 bits per heavy atom. The first-order chi connectivity index (χ1) is 16.0. The number of aromatic nitrogens is 1. The molecule has 2 amide bonds. The molecule has 1 fully saturated rings. The molecule has 3 aromatic rings. The summed E-state index contributed by atoms with van der Waals surface area (Å²) in [5.41, 5.74) is 3.39. The summed E-state index contributed by atoms with van der Waals surface area (Å²) in [5.74, 6) is -0.643. The summed E-state index contributed by atoms with van der Waals surface area (Å²) >= 11 is 0. The molecule has 0 saturated carbocycles. The van der Waals surface area contributed by atoms with E-state index in [9.17, 15) is 14.0 Å². The number of hydrogen-bond donors (Lipinski definition) is 1. The number of benzene rings is 2. The minimum Gasteiger partial charge on any atom is -0.442 e. The molecule has 1 unspecified atom stereocenters. The van der Waals surface area contributed by atoms with Crippen LogP contribution in [0.1, 0.15) is 18.2 Å². The SMILES string of the molecule is CC(=O)NCC1CN(c2ccc(-c3ccc(COCc4ccccn4)cc3)c(F)c2)C(=O)O1. The molecule has 1 aliphatic rings. The van der Waals surface area contributed by atoms with Gasteiger partial charge in [-0.05, 0) is 41.5 Å². The molecular formula is C25H24FN3O4. The van der Waals surface area contributed by atoms with Crippen LogP contribution in [0, 0.1) is 5.82 Å². The fraction of sp³-hybridized carbons (Fsp3) is 0.240. The van der Waals surface area contributed by atoms with Gasteiger partial charge in [0.25, 0.3) is 0 Å². The number of nitrogens with zero attached hydrogens (tertiary/aromatic N) is 2. The van der Waals surface area contributed by atoms with Crippen LogP contribution in [0.15, 0.2) is 66.9 Å². The molecule has 33 heavy (non-hydrogen) atoms. The lowest BCUT2D eigenvalue weighted by molar-refractivity contribution is -0.119. The molecule has 0 spiro atoms. The van der Waals surface area contributed by atoms with Crippen molar-refractivity contribution in [3.05, 3.63) is 83.9 Å². The highest BCUT2D eigenvalue weighted by molar-refractivity contribution is 5.90. The molecule has 2 aromatic carbocycles. The number of pyridine rings is 1. The number of halogens is 1. The second-order valence-electron chi connectivity index (χ2n) is 7.73. The summed E-state index contributed by atoms with van der Waals surface area (Å²) in [6.07, 6.45) is 0.688. The van der Waals surface area contributed by atoms with Gasteiger partial charge in [0, 0.05) is 18.7 Å². The summed E-state index contributed by atoms with van der Waals surface area (Å²) in [5, 5.41) is 2.62. The van der Waals surface area contributed by atoms with Crippen molar-refractivity contribution in [1.29, 1.82) is 0 Å². The van der Waals surface area contributed by atoms with Crippen molar-refractivity contribution < 1.29 is 23.5 Å². The molecule has 7 nitrogen and oxygen atoms in total.